The number of carbonyl (C=O) groups is 1. The molecule has 3 fully saturated rings. The van der Waals surface area contributed by atoms with Crippen LogP contribution in [0.5, 0.6) is 11.5 Å². The number of rotatable bonds is 10. The van der Waals surface area contributed by atoms with E-state index >= 15 is 0 Å². The van der Waals surface area contributed by atoms with Gasteiger partial charge in [0.2, 0.25) is 5.91 Å². The summed E-state index contributed by atoms with van der Waals surface area (Å²) in [5.74, 6) is 2.46. The maximum Gasteiger partial charge on any atom is 0.217 e. The van der Waals surface area contributed by atoms with Gasteiger partial charge in [0.25, 0.3) is 0 Å². The third-order valence-electron chi connectivity index (χ3n) is 8.10. The van der Waals surface area contributed by atoms with Gasteiger partial charge >= 0.3 is 0 Å². The lowest BCUT2D eigenvalue weighted by Gasteiger charge is -2.36. The van der Waals surface area contributed by atoms with Crippen molar-refractivity contribution in [2.24, 2.45) is 5.92 Å². The van der Waals surface area contributed by atoms with Crippen molar-refractivity contribution < 1.29 is 19.4 Å². The Morgan fingerprint density at radius 2 is 1.78 bits per heavy atom. The minimum atomic E-state index is -0.680. The molecule has 1 aromatic rings. The molecule has 0 bridgehead atoms. The maximum atomic E-state index is 11.3. The van der Waals surface area contributed by atoms with Crippen LogP contribution >= 0.6 is 0 Å². The quantitative estimate of drug-likeness (QED) is 0.509. The number of hydrogen-bond donors (Lipinski definition) is 2. The van der Waals surface area contributed by atoms with Crippen LogP contribution in [0.2, 0.25) is 0 Å². The van der Waals surface area contributed by atoms with Gasteiger partial charge in [0.05, 0.1) is 12.7 Å². The number of β-amino-alcohol motifs (C(OH)–C–C–N with tert-alkyl or cyclic N) is 1. The summed E-state index contributed by atoms with van der Waals surface area (Å²) >= 11 is 0. The van der Waals surface area contributed by atoms with Gasteiger partial charge in [-0.1, -0.05) is 13.0 Å². The highest BCUT2D eigenvalue weighted by Crippen LogP contribution is 2.31. The smallest absolute Gasteiger partial charge is 0.217 e. The van der Waals surface area contributed by atoms with Crippen molar-refractivity contribution in [1.29, 1.82) is 0 Å². The van der Waals surface area contributed by atoms with E-state index in [2.05, 4.69) is 39.1 Å². The summed E-state index contributed by atoms with van der Waals surface area (Å²) in [5.41, 5.74) is 0.491. The molecule has 8 heteroatoms. The van der Waals surface area contributed by atoms with E-state index in [-0.39, 0.29) is 11.9 Å². The van der Waals surface area contributed by atoms with E-state index in [1.807, 2.05) is 6.07 Å². The lowest BCUT2D eigenvalue weighted by Crippen LogP contribution is -2.50. The molecule has 0 aromatic heterocycles. The molecule has 2 N–H and O–H groups in total. The average molecular weight is 503 g/mol. The van der Waals surface area contributed by atoms with E-state index in [0.29, 0.717) is 19.7 Å². The Hall–Kier alpha value is -1.87. The fourth-order valence-corrected chi connectivity index (χ4v) is 5.90. The summed E-state index contributed by atoms with van der Waals surface area (Å²) in [7, 11) is 1.70. The fraction of sp³-hybridized carbons (Fsp3) is 0.750. The summed E-state index contributed by atoms with van der Waals surface area (Å²) in [6.07, 6.45) is 5.24. The second kappa shape index (κ2) is 12.6. The standard InChI is InChI=1S/C28H46N4O4/c1-22-6-11-30(12-7-22)16-17-36-26-5-4-24(18-27(26)35-3)19-32-15-10-28(34,21-32)20-31-13-8-25(9-14-31)29-23(2)33/h4-5,18,22,25,34H,6-17,19-21H2,1-3H3,(H,29,33)/t28-/m0/s1. The van der Waals surface area contributed by atoms with E-state index in [1.54, 1.807) is 14.0 Å². The third-order valence-corrected chi connectivity index (χ3v) is 8.10. The van der Waals surface area contributed by atoms with Crippen molar-refractivity contribution in [2.75, 3.05) is 66.1 Å². The first-order valence-electron chi connectivity index (χ1n) is 13.8. The zero-order chi connectivity index (χ0) is 25.5. The zero-order valence-corrected chi connectivity index (χ0v) is 22.5. The number of ether oxygens (including phenoxy) is 2. The van der Waals surface area contributed by atoms with Crippen LogP contribution in [-0.4, -0.2) is 103 Å². The molecule has 0 aliphatic carbocycles. The van der Waals surface area contributed by atoms with Crippen LogP contribution in [0.3, 0.4) is 0 Å². The first kappa shape index (κ1) is 27.2. The molecule has 202 valence electrons. The molecule has 3 heterocycles. The van der Waals surface area contributed by atoms with Gasteiger partial charge in [-0.25, -0.2) is 0 Å². The minimum Gasteiger partial charge on any atom is -0.493 e. The lowest BCUT2D eigenvalue weighted by atomic mass is 9.99. The lowest BCUT2D eigenvalue weighted by molar-refractivity contribution is -0.120. The Labute approximate surface area is 216 Å². The number of nitrogens with zero attached hydrogens (tertiary/aromatic N) is 3. The van der Waals surface area contributed by atoms with Gasteiger partial charge in [0, 0.05) is 58.8 Å². The Kier molecular flexibility index (Phi) is 9.50. The van der Waals surface area contributed by atoms with Crippen molar-refractivity contribution in [2.45, 2.75) is 64.1 Å². The van der Waals surface area contributed by atoms with Crippen LogP contribution in [0.25, 0.3) is 0 Å². The van der Waals surface area contributed by atoms with Crippen LogP contribution in [0.1, 0.15) is 51.5 Å². The van der Waals surface area contributed by atoms with Gasteiger partial charge in [0.15, 0.2) is 11.5 Å². The van der Waals surface area contributed by atoms with Crippen LogP contribution in [0.15, 0.2) is 18.2 Å². The number of likely N-dealkylation sites (tertiary alicyclic amines) is 3. The molecule has 1 aromatic carbocycles. The van der Waals surface area contributed by atoms with Crippen LogP contribution < -0.4 is 14.8 Å². The molecule has 0 unspecified atom stereocenters. The highest BCUT2D eigenvalue weighted by molar-refractivity contribution is 5.73. The molecule has 3 saturated heterocycles. The Balaban J connectivity index is 1.22. The summed E-state index contributed by atoms with van der Waals surface area (Å²) in [5, 5.41) is 14.3. The van der Waals surface area contributed by atoms with Gasteiger partial charge in [-0.15, -0.1) is 0 Å². The van der Waals surface area contributed by atoms with Gasteiger partial charge < -0.3 is 24.8 Å². The molecular weight excluding hydrogens is 456 g/mol. The molecule has 8 nitrogen and oxygen atoms in total. The topological polar surface area (TPSA) is 77.5 Å². The maximum absolute atomic E-state index is 11.3. The van der Waals surface area contributed by atoms with Gasteiger partial charge in [-0.05, 0) is 68.8 Å². The Morgan fingerprint density at radius 3 is 2.47 bits per heavy atom. The molecule has 4 rings (SSSR count). The van der Waals surface area contributed by atoms with Crippen molar-refractivity contribution in [3.63, 3.8) is 0 Å². The van der Waals surface area contributed by atoms with Crippen LogP contribution in [0.4, 0.5) is 0 Å². The zero-order valence-electron chi connectivity index (χ0n) is 22.5. The molecule has 36 heavy (non-hydrogen) atoms. The number of aliphatic hydroxyl groups is 1. The monoisotopic (exact) mass is 502 g/mol. The van der Waals surface area contributed by atoms with E-state index in [9.17, 15) is 9.90 Å². The van der Waals surface area contributed by atoms with Gasteiger partial charge in [0.1, 0.15) is 6.61 Å². The highest BCUT2D eigenvalue weighted by atomic mass is 16.5. The summed E-state index contributed by atoms with van der Waals surface area (Å²) in [4.78, 5) is 18.5. The van der Waals surface area contributed by atoms with Crippen LogP contribution in [-0.2, 0) is 11.3 Å². The Bertz CT molecular complexity index is 852. The summed E-state index contributed by atoms with van der Waals surface area (Å²) < 4.78 is 11.7. The highest BCUT2D eigenvalue weighted by Gasteiger charge is 2.38. The molecule has 1 atom stereocenters. The molecule has 0 spiro atoms. The fourth-order valence-electron chi connectivity index (χ4n) is 5.90. The second-order valence-corrected chi connectivity index (χ2v) is 11.3. The number of piperidine rings is 2. The largest absolute Gasteiger partial charge is 0.493 e. The number of methoxy groups -OCH3 is 1. The number of carbonyl (C=O) groups excluding carboxylic acids is 1. The van der Waals surface area contributed by atoms with E-state index in [0.717, 1.165) is 82.5 Å². The SMILES string of the molecule is COc1cc(CN2CC[C@](O)(CN3CCC(NC(C)=O)CC3)C2)ccc1OCCN1CCC(C)CC1. The number of amides is 1. The Morgan fingerprint density at radius 1 is 1.06 bits per heavy atom. The first-order chi connectivity index (χ1) is 17.3. The van der Waals surface area contributed by atoms with Crippen molar-refractivity contribution in [3.05, 3.63) is 23.8 Å². The normalized spacial score (nSPS) is 25.2. The molecular formula is C28H46N4O4. The molecule has 0 radical (unpaired) electrons. The van der Waals surface area contributed by atoms with E-state index < -0.39 is 5.60 Å². The third kappa shape index (κ3) is 7.81. The average Bonchev–Trinajstić information content (AvgIpc) is 3.21. The molecule has 3 aliphatic rings. The number of benzene rings is 1. The summed E-state index contributed by atoms with van der Waals surface area (Å²) in [6.45, 7) is 12.7. The predicted molar refractivity (Wildman–Crippen MR) is 141 cm³/mol. The van der Waals surface area contributed by atoms with E-state index in [1.165, 1.54) is 18.4 Å². The van der Waals surface area contributed by atoms with Crippen LogP contribution in [0, 0.1) is 5.92 Å². The van der Waals surface area contributed by atoms with Gasteiger partial charge in [-0.2, -0.15) is 0 Å². The molecule has 1 amide bonds. The van der Waals surface area contributed by atoms with Crippen molar-refractivity contribution in [3.8, 4) is 11.5 Å². The first-order valence-corrected chi connectivity index (χ1v) is 13.8. The summed E-state index contributed by atoms with van der Waals surface area (Å²) in [6, 6.07) is 6.48. The van der Waals surface area contributed by atoms with Crippen molar-refractivity contribution in [1.82, 2.24) is 20.0 Å². The predicted octanol–water partition coefficient (Wildman–Crippen LogP) is 2.34. The number of hydrogen-bond acceptors (Lipinski definition) is 7. The van der Waals surface area contributed by atoms with Gasteiger partial charge in [-0.3, -0.25) is 14.6 Å². The second-order valence-electron chi connectivity index (χ2n) is 11.3. The van der Waals surface area contributed by atoms with E-state index in [4.69, 9.17) is 9.47 Å². The molecule has 3 aliphatic heterocycles. The van der Waals surface area contributed by atoms with Crippen molar-refractivity contribution >= 4 is 5.91 Å². The molecule has 0 saturated carbocycles. The minimum absolute atomic E-state index is 0.0434. The number of nitrogens with one attached hydrogen (secondary N) is 1.